The van der Waals surface area contributed by atoms with Crippen LogP contribution in [0.15, 0.2) is 29.2 Å². The molecular weight excluding hydrogens is 409 g/mol. The minimum atomic E-state index is -4.58. The molecule has 1 aromatic rings. The van der Waals surface area contributed by atoms with Crippen LogP contribution in [0.4, 0.5) is 13.2 Å². The molecule has 162 valence electrons. The van der Waals surface area contributed by atoms with Crippen LogP contribution in [-0.4, -0.2) is 63.4 Å². The fourth-order valence-electron chi connectivity index (χ4n) is 3.78. The van der Waals surface area contributed by atoms with Crippen molar-refractivity contribution in [2.75, 3.05) is 32.8 Å². The maximum absolute atomic E-state index is 12.9. The number of amides is 1. The number of ether oxygens (including phenoxy) is 1. The van der Waals surface area contributed by atoms with Crippen LogP contribution in [0.25, 0.3) is 0 Å². The average Bonchev–Trinajstić information content (AvgIpc) is 2.72. The molecule has 0 radical (unpaired) electrons. The molecule has 1 N–H and O–H groups in total. The Labute approximate surface area is 168 Å². The second-order valence-corrected chi connectivity index (χ2v) is 9.65. The first kappa shape index (κ1) is 22.0. The second-order valence-electron chi connectivity index (χ2n) is 7.42. The van der Waals surface area contributed by atoms with Gasteiger partial charge in [0.25, 0.3) is 0 Å². The molecule has 10 heteroatoms. The van der Waals surface area contributed by atoms with Gasteiger partial charge < -0.3 is 15.0 Å². The smallest absolute Gasteiger partial charge is 0.378 e. The van der Waals surface area contributed by atoms with E-state index >= 15 is 0 Å². The molecule has 1 amide bonds. The number of rotatable bonds is 5. The molecule has 0 aromatic heterocycles. The highest BCUT2D eigenvalue weighted by Gasteiger charge is 2.35. The predicted octanol–water partition coefficient (Wildman–Crippen LogP) is 2.24. The summed E-state index contributed by atoms with van der Waals surface area (Å²) >= 11 is 0. The van der Waals surface area contributed by atoms with Gasteiger partial charge in [-0.25, -0.2) is 8.42 Å². The number of nitrogens with zero attached hydrogens (tertiary/aromatic N) is 1. The molecule has 0 spiro atoms. The van der Waals surface area contributed by atoms with Crippen molar-refractivity contribution in [1.82, 2.24) is 10.2 Å². The highest BCUT2D eigenvalue weighted by Crippen LogP contribution is 2.33. The van der Waals surface area contributed by atoms with Crippen molar-refractivity contribution in [3.8, 4) is 0 Å². The van der Waals surface area contributed by atoms with Gasteiger partial charge in [-0.2, -0.15) is 13.2 Å². The number of benzene rings is 1. The van der Waals surface area contributed by atoms with Gasteiger partial charge in [0.1, 0.15) is 0 Å². The van der Waals surface area contributed by atoms with Crippen molar-refractivity contribution in [3.63, 3.8) is 0 Å². The Bertz CT molecular complexity index is 815. The number of alkyl halides is 3. The molecule has 2 fully saturated rings. The van der Waals surface area contributed by atoms with E-state index in [-0.39, 0.29) is 23.4 Å². The third kappa shape index (κ3) is 5.49. The van der Waals surface area contributed by atoms with E-state index in [1.165, 1.54) is 6.07 Å². The van der Waals surface area contributed by atoms with Crippen LogP contribution < -0.4 is 5.32 Å². The van der Waals surface area contributed by atoms with Crippen molar-refractivity contribution in [2.45, 2.75) is 48.0 Å². The van der Waals surface area contributed by atoms with Gasteiger partial charge in [-0.15, -0.1) is 0 Å². The summed E-state index contributed by atoms with van der Waals surface area (Å²) < 4.78 is 69.5. The monoisotopic (exact) mass is 434 g/mol. The number of morpholine rings is 1. The van der Waals surface area contributed by atoms with Crippen LogP contribution in [0.1, 0.15) is 31.2 Å². The maximum atomic E-state index is 12.9. The molecule has 6 nitrogen and oxygen atoms in total. The first-order valence-corrected chi connectivity index (χ1v) is 11.2. The van der Waals surface area contributed by atoms with Crippen molar-refractivity contribution < 1.29 is 31.1 Å². The van der Waals surface area contributed by atoms with Crippen LogP contribution in [0.5, 0.6) is 0 Å². The van der Waals surface area contributed by atoms with E-state index in [2.05, 4.69) is 5.32 Å². The molecule has 29 heavy (non-hydrogen) atoms. The predicted molar refractivity (Wildman–Crippen MR) is 100 cm³/mol. The fourth-order valence-corrected chi connectivity index (χ4v) is 5.61. The normalized spacial score (nSPS) is 23.8. The molecule has 2 aliphatic rings. The summed E-state index contributed by atoms with van der Waals surface area (Å²) in [5, 5.41) is 2.47. The van der Waals surface area contributed by atoms with Crippen LogP contribution in [0, 0.1) is 0 Å². The molecular formula is C19H25F3N2O4S. The van der Waals surface area contributed by atoms with Crippen LogP contribution in [0.3, 0.4) is 0 Å². The summed E-state index contributed by atoms with van der Waals surface area (Å²) in [7, 11) is -3.83. The van der Waals surface area contributed by atoms with Gasteiger partial charge in [-0.05, 0) is 43.9 Å². The van der Waals surface area contributed by atoms with E-state index in [9.17, 15) is 26.4 Å². The van der Waals surface area contributed by atoms with Crippen molar-refractivity contribution >= 4 is 15.7 Å². The first-order chi connectivity index (χ1) is 13.7. The zero-order chi connectivity index (χ0) is 21.1. The molecule has 1 saturated heterocycles. The first-order valence-electron chi connectivity index (χ1n) is 9.68. The van der Waals surface area contributed by atoms with Crippen LogP contribution in [0.2, 0.25) is 0 Å². The summed E-state index contributed by atoms with van der Waals surface area (Å²) in [6.45, 7) is 2.40. The number of halogens is 3. The van der Waals surface area contributed by atoms with Crippen molar-refractivity contribution in [2.24, 2.45) is 0 Å². The van der Waals surface area contributed by atoms with E-state index in [4.69, 9.17) is 4.74 Å². The Morgan fingerprint density at radius 2 is 1.79 bits per heavy atom. The van der Waals surface area contributed by atoms with E-state index in [1.54, 1.807) is 4.90 Å². The third-order valence-corrected chi connectivity index (χ3v) is 7.77. The lowest BCUT2D eigenvalue weighted by atomic mass is 9.95. The van der Waals surface area contributed by atoms with Gasteiger partial charge in [0.05, 0.1) is 35.5 Å². The van der Waals surface area contributed by atoms with Gasteiger partial charge in [0.15, 0.2) is 9.84 Å². The van der Waals surface area contributed by atoms with E-state index in [0.29, 0.717) is 58.1 Å². The molecule has 0 bridgehead atoms. The molecule has 1 aliphatic carbocycles. The second kappa shape index (κ2) is 9.01. The Morgan fingerprint density at radius 3 is 2.41 bits per heavy atom. The average molecular weight is 434 g/mol. The van der Waals surface area contributed by atoms with Crippen LogP contribution >= 0.6 is 0 Å². The molecule has 1 aromatic carbocycles. The molecule has 1 saturated carbocycles. The number of hydrogen-bond donors (Lipinski definition) is 1. The van der Waals surface area contributed by atoms with E-state index < -0.39 is 26.8 Å². The Morgan fingerprint density at radius 1 is 1.14 bits per heavy atom. The molecule has 0 atom stereocenters. The van der Waals surface area contributed by atoms with Gasteiger partial charge in [-0.1, -0.05) is 6.07 Å². The lowest BCUT2D eigenvalue weighted by Gasteiger charge is -2.31. The number of nitrogens with one attached hydrogen (secondary N) is 1. The largest absolute Gasteiger partial charge is 0.416 e. The maximum Gasteiger partial charge on any atom is 0.416 e. The van der Waals surface area contributed by atoms with Gasteiger partial charge in [-0.3, -0.25) is 4.79 Å². The van der Waals surface area contributed by atoms with Crippen LogP contribution in [-0.2, 0) is 25.5 Å². The summed E-state index contributed by atoms with van der Waals surface area (Å²) in [4.78, 5) is 13.6. The topological polar surface area (TPSA) is 75.7 Å². The van der Waals surface area contributed by atoms with Gasteiger partial charge in [0, 0.05) is 19.1 Å². The molecule has 0 unspecified atom stereocenters. The van der Waals surface area contributed by atoms with E-state index in [0.717, 1.165) is 12.1 Å². The highest BCUT2D eigenvalue weighted by atomic mass is 32.2. The number of hydrogen-bond acceptors (Lipinski definition) is 5. The molecule has 3 rings (SSSR count). The Kier molecular flexibility index (Phi) is 6.85. The number of sulfone groups is 1. The zero-order valence-electron chi connectivity index (χ0n) is 16.0. The Balaban J connectivity index is 1.54. The third-order valence-electron chi connectivity index (χ3n) is 5.51. The standard InChI is InChI=1S/C19H25F3N2O4S/c20-19(21,22)14-2-1-3-17(12-14)29(26,27)16-6-4-15(5-7-16)23-13-18(25)24-8-10-28-11-9-24/h1-3,12,15-16,23H,4-11,13H2/t15-,16-. The minimum Gasteiger partial charge on any atom is -0.378 e. The quantitative estimate of drug-likeness (QED) is 0.769. The lowest BCUT2D eigenvalue weighted by Crippen LogP contribution is -2.47. The van der Waals surface area contributed by atoms with Gasteiger partial charge in [0.2, 0.25) is 5.91 Å². The highest BCUT2D eigenvalue weighted by molar-refractivity contribution is 7.92. The number of carbonyl (C=O) groups excluding carboxylic acids is 1. The SMILES string of the molecule is O=C(CN[C@H]1CC[C@H](S(=O)(=O)c2cccc(C(F)(F)F)c2)CC1)N1CCOCC1. The summed E-state index contributed by atoms with van der Waals surface area (Å²) in [6, 6.07) is 3.94. The summed E-state index contributed by atoms with van der Waals surface area (Å²) in [5.41, 5.74) is -0.962. The summed E-state index contributed by atoms with van der Waals surface area (Å²) in [6.07, 6.45) is -2.78. The number of carbonyl (C=O) groups is 1. The molecule has 1 heterocycles. The van der Waals surface area contributed by atoms with E-state index in [1.807, 2.05) is 0 Å². The summed E-state index contributed by atoms with van der Waals surface area (Å²) in [5.74, 6) is -0.00740. The van der Waals surface area contributed by atoms with Gasteiger partial charge >= 0.3 is 6.18 Å². The lowest BCUT2D eigenvalue weighted by molar-refractivity contribution is -0.137. The van der Waals surface area contributed by atoms with Crippen molar-refractivity contribution in [1.29, 1.82) is 0 Å². The zero-order valence-corrected chi connectivity index (χ0v) is 16.8. The fraction of sp³-hybridized carbons (Fsp3) is 0.632. The molecule has 1 aliphatic heterocycles. The minimum absolute atomic E-state index is 0.00740. The van der Waals surface area contributed by atoms with Crippen molar-refractivity contribution in [3.05, 3.63) is 29.8 Å². The Hall–Kier alpha value is -1.65.